The monoisotopic (exact) mass is 460 g/mol. The van der Waals surface area contributed by atoms with Crippen LogP contribution in [-0.4, -0.2) is 34.2 Å². The zero-order valence-electron chi connectivity index (χ0n) is 15.7. The molecular formula is C19H16N4O4S3. The standard InChI is InChI=1S/C19H16N4O4S3/c1-12(23-30(25,26)16-9-5-8-15-17(16)22-29-21-15)19(24)27-10-14-11-28-18(20-14)13-6-3-2-4-7-13/h2-9,11-12,23H,10H2,1H3/t12-/m0/s1. The third-order valence-corrected chi connectivity index (χ3v) is 7.21. The highest BCUT2D eigenvalue weighted by atomic mass is 32.2. The van der Waals surface area contributed by atoms with E-state index in [4.69, 9.17) is 4.74 Å². The van der Waals surface area contributed by atoms with Crippen molar-refractivity contribution in [2.45, 2.75) is 24.5 Å². The lowest BCUT2D eigenvalue weighted by molar-refractivity contribution is -0.146. The zero-order chi connectivity index (χ0) is 21.1. The molecule has 1 N–H and O–H groups in total. The van der Waals surface area contributed by atoms with Crippen molar-refractivity contribution in [3.63, 3.8) is 0 Å². The second-order valence-corrected chi connectivity index (χ2v) is 9.42. The van der Waals surface area contributed by atoms with Crippen molar-refractivity contribution in [1.82, 2.24) is 18.5 Å². The Morgan fingerprint density at radius 3 is 2.73 bits per heavy atom. The molecule has 2 heterocycles. The van der Waals surface area contributed by atoms with E-state index in [1.165, 1.54) is 24.3 Å². The van der Waals surface area contributed by atoms with Crippen LogP contribution in [0.2, 0.25) is 0 Å². The van der Waals surface area contributed by atoms with Crippen LogP contribution >= 0.6 is 23.1 Å². The molecule has 8 nitrogen and oxygen atoms in total. The lowest BCUT2D eigenvalue weighted by atomic mass is 10.2. The van der Waals surface area contributed by atoms with E-state index in [9.17, 15) is 13.2 Å². The number of nitrogens with zero attached hydrogens (tertiary/aromatic N) is 3. The maximum atomic E-state index is 12.7. The minimum Gasteiger partial charge on any atom is -0.458 e. The zero-order valence-corrected chi connectivity index (χ0v) is 18.1. The smallest absolute Gasteiger partial charge is 0.324 e. The molecule has 4 rings (SSSR count). The normalized spacial score (nSPS) is 12.7. The minimum atomic E-state index is -3.98. The van der Waals surface area contributed by atoms with Gasteiger partial charge in [0.15, 0.2) is 0 Å². The van der Waals surface area contributed by atoms with E-state index in [2.05, 4.69) is 18.5 Å². The molecule has 30 heavy (non-hydrogen) atoms. The second-order valence-electron chi connectivity index (χ2n) is 6.35. The minimum absolute atomic E-state index is 0.0274. The summed E-state index contributed by atoms with van der Waals surface area (Å²) in [6, 6.07) is 13.3. The molecule has 0 spiro atoms. The Morgan fingerprint density at radius 2 is 1.93 bits per heavy atom. The number of fused-ring (bicyclic) bond motifs is 1. The van der Waals surface area contributed by atoms with E-state index in [-0.39, 0.29) is 17.0 Å². The number of nitrogens with one attached hydrogen (secondary N) is 1. The average Bonchev–Trinajstić information content (AvgIpc) is 3.41. The van der Waals surface area contributed by atoms with Gasteiger partial charge in [0.2, 0.25) is 10.0 Å². The fourth-order valence-corrected chi connectivity index (χ4v) is 5.47. The number of esters is 1. The summed E-state index contributed by atoms with van der Waals surface area (Å²) in [5.74, 6) is -0.698. The number of rotatable bonds is 7. The fourth-order valence-electron chi connectivity index (χ4n) is 2.70. The van der Waals surface area contributed by atoms with Crippen molar-refractivity contribution in [2.75, 3.05) is 0 Å². The molecule has 2 aromatic carbocycles. The van der Waals surface area contributed by atoms with Crippen LogP contribution in [0.4, 0.5) is 0 Å². The quantitative estimate of drug-likeness (QED) is 0.422. The number of sulfonamides is 1. The predicted octanol–water partition coefficient (Wildman–Crippen LogP) is 3.23. The summed E-state index contributed by atoms with van der Waals surface area (Å²) in [5.41, 5.74) is 2.33. The molecule has 0 aliphatic heterocycles. The van der Waals surface area contributed by atoms with E-state index in [0.717, 1.165) is 22.3 Å². The number of aromatic nitrogens is 3. The number of hydrogen-bond donors (Lipinski definition) is 1. The molecule has 1 atom stereocenters. The molecule has 0 saturated carbocycles. The van der Waals surface area contributed by atoms with Crippen LogP contribution in [0.1, 0.15) is 12.6 Å². The third kappa shape index (κ3) is 4.38. The lowest BCUT2D eigenvalue weighted by Gasteiger charge is -2.13. The Labute approximate surface area is 180 Å². The highest BCUT2D eigenvalue weighted by Crippen LogP contribution is 2.24. The van der Waals surface area contributed by atoms with Gasteiger partial charge in [-0.2, -0.15) is 13.5 Å². The first-order valence-corrected chi connectivity index (χ1v) is 11.9. The topological polar surface area (TPSA) is 111 Å². The van der Waals surface area contributed by atoms with Crippen LogP contribution in [-0.2, 0) is 26.2 Å². The van der Waals surface area contributed by atoms with E-state index in [1.807, 2.05) is 30.3 Å². The first-order chi connectivity index (χ1) is 14.4. The lowest BCUT2D eigenvalue weighted by Crippen LogP contribution is -2.39. The number of thiazole rings is 1. The molecule has 0 amide bonds. The van der Waals surface area contributed by atoms with Gasteiger partial charge in [0, 0.05) is 10.9 Å². The average molecular weight is 461 g/mol. The van der Waals surface area contributed by atoms with E-state index >= 15 is 0 Å². The molecule has 4 aromatic rings. The van der Waals surface area contributed by atoms with Crippen LogP contribution < -0.4 is 4.72 Å². The molecule has 2 aromatic heterocycles. The summed E-state index contributed by atoms with van der Waals surface area (Å²) in [6.07, 6.45) is 0. The van der Waals surface area contributed by atoms with Gasteiger partial charge in [-0.1, -0.05) is 36.4 Å². The summed E-state index contributed by atoms with van der Waals surface area (Å²) in [4.78, 5) is 16.7. The largest absolute Gasteiger partial charge is 0.458 e. The number of ether oxygens (including phenoxy) is 1. The van der Waals surface area contributed by atoms with Gasteiger partial charge in [0.25, 0.3) is 0 Å². The van der Waals surface area contributed by atoms with Crippen LogP contribution in [0.5, 0.6) is 0 Å². The number of carbonyl (C=O) groups excluding carboxylic acids is 1. The Hall–Kier alpha value is -2.73. The highest BCUT2D eigenvalue weighted by Gasteiger charge is 2.26. The first-order valence-electron chi connectivity index (χ1n) is 8.84. The van der Waals surface area contributed by atoms with Gasteiger partial charge in [-0.3, -0.25) is 4.79 Å². The molecular weight excluding hydrogens is 444 g/mol. The summed E-state index contributed by atoms with van der Waals surface area (Å²) >= 11 is 2.37. The molecule has 154 valence electrons. The van der Waals surface area contributed by atoms with E-state index in [1.54, 1.807) is 17.5 Å². The van der Waals surface area contributed by atoms with Crippen molar-refractivity contribution in [3.05, 3.63) is 59.6 Å². The summed E-state index contributed by atoms with van der Waals surface area (Å²) < 4.78 is 41.0. The molecule has 0 radical (unpaired) electrons. The maximum absolute atomic E-state index is 12.7. The fraction of sp³-hybridized carbons (Fsp3) is 0.158. The third-order valence-electron chi connectivity index (χ3n) is 4.16. The van der Waals surface area contributed by atoms with Crippen molar-refractivity contribution >= 4 is 50.1 Å². The van der Waals surface area contributed by atoms with Gasteiger partial charge in [-0.15, -0.1) is 11.3 Å². The van der Waals surface area contributed by atoms with Gasteiger partial charge in [0.1, 0.15) is 33.6 Å². The van der Waals surface area contributed by atoms with E-state index < -0.39 is 22.0 Å². The molecule has 0 aliphatic carbocycles. The number of hydrogen-bond acceptors (Lipinski definition) is 9. The van der Waals surface area contributed by atoms with Gasteiger partial charge in [0.05, 0.1) is 17.4 Å². The van der Waals surface area contributed by atoms with Gasteiger partial charge in [-0.05, 0) is 19.1 Å². The summed E-state index contributed by atoms with van der Waals surface area (Å²) in [5, 5.41) is 2.63. The van der Waals surface area contributed by atoms with Gasteiger partial charge in [-0.25, -0.2) is 13.4 Å². The van der Waals surface area contributed by atoms with Crippen LogP contribution in [0.15, 0.2) is 58.8 Å². The molecule has 0 fully saturated rings. The maximum Gasteiger partial charge on any atom is 0.324 e. The van der Waals surface area contributed by atoms with Crippen molar-refractivity contribution in [2.24, 2.45) is 0 Å². The first kappa shape index (κ1) is 20.5. The Bertz CT molecular complexity index is 1290. The SMILES string of the molecule is C[C@H](NS(=O)(=O)c1cccc2nsnc12)C(=O)OCc1csc(-c2ccccc2)n1. The molecule has 0 unspecified atom stereocenters. The molecule has 0 bridgehead atoms. The summed E-state index contributed by atoms with van der Waals surface area (Å²) in [7, 11) is -3.98. The van der Waals surface area contributed by atoms with Gasteiger partial charge < -0.3 is 4.74 Å². The van der Waals surface area contributed by atoms with Crippen molar-refractivity contribution in [3.8, 4) is 10.6 Å². The van der Waals surface area contributed by atoms with Crippen molar-refractivity contribution in [1.29, 1.82) is 0 Å². The Morgan fingerprint density at radius 1 is 1.13 bits per heavy atom. The molecule has 0 saturated heterocycles. The Balaban J connectivity index is 1.39. The number of benzene rings is 2. The second kappa shape index (κ2) is 8.56. The summed E-state index contributed by atoms with van der Waals surface area (Å²) in [6.45, 7) is 1.38. The Kier molecular flexibility index (Phi) is 5.86. The van der Waals surface area contributed by atoms with E-state index in [0.29, 0.717) is 11.2 Å². The van der Waals surface area contributed by atoms with Gasteiger partial charge >= 0.3 is 5.97 Å². The number of carbonyl (C=O) groups is 1. The highest BCUT2D eigenvalue weighted by molar-refractivity contribution is 7.89. The van der Waals surface area contributed by atoms with Crippen LogP contribution in [0.3, 0.4) is 0 Å². The predicted molar refractivity (Wildman–Crippen MR) is 115 cm³/mol. The van der Waals surface area contributed by atoms with Crippen molar-refractivity contribution < 1.29 is 17.9 Å². The van der Waals surface area contributed by atoms with Crippen LogP contribution in [0.25, 0.3) is 21.6 Å². The van der Waals surface area contributed by atoms with Crippen LogP contribution in [0, 0.1) is 0 Å². The molecule has 0 aliphatic rings. The molecule has 11 heteroatoms.